The Labute approximate surface area is 837 Å². The summed E-state index contributed by atoms with van der Waals surface area (Å²) in [7, 11) is 0. The van der Waals surface area contributed by atoms with Gasteiger partial charge in [0.15, 0.2) is 0 Å². The number of aliphatic hydroxyl groups excluding tert-OH is 4. The van der Waals surface area contributed by atoms with E-state index in [4.69, 9.17) is 0 Å². The van der Waals surface area contributed by atoms with Crippen molar-refractivity contribution in [2.24, 2.45) is 0 Å². The molecule has 1 aliphatic rings. The molecule has 28 heteroatoms. The third-order valence-electron chi connectivity index (χ3n) is 26.2. The summed E-state index contributed by atoms with van der Waals surface area (Å²) in [6.07, 6.45) is 67.9. The first-order valence-electron chi connectivity index (χ1n) is 54.8. The molecule has 5 rings (SSSR count). The van der Waals surface area contributed by atoms with Crippen LogP contribution in [0.1, 0.15) is 480 Å². The Morgan fingerprint density at radius 1 is 0.207 bits per heavy atom. The van der Waals surface area contributed by atoms with Crippen LogP contribution < -0.4 is 63.8 Å². The Bertz CT molecular complexity index is 3710. The minimum atomic E-state index is -1.76. The van der Waals surface area contributed by atoms with Crippen molar-refractivity contribution in [1.29, 1.82) is 0 Å². The Balaban J connectivity index is 1.49. The highest BCUT2D eigenvalue weighted by Gasteiger charge is 2.30. The van der Waals surface area contributed by atoms with Crippen molar-refractivity contribution in [3.63, 3.8) is 0 Å². The molecule has 0 aromatic heterocycles. The summed E-state index contributed by atoms with van der Waals surface area (Å²) in [5.74, 6) is -9.84. The Morgan fingerprint density at radius 3 is 0.479 bits per heavy atom. The largest absolute Gasteiger partial charge is 0.394 e. The molecule has 0 unspecified atom stereocenters. The van der Waals surface area contributed by atoms with Gasteiger partial charge in [-0.2, -0.15) is 0 Å². The molecular formula is C112H180N12O16. The second-order valence-corrected chi connectivity index (χ2v) is 39.0. The van der Waals surface area contributed by atoms with E-state index < -0.39 is 121 Å². The van der Waals surface area contributed by atoms with Gasteiger partial charge >= 0.3 is 0 Å². The summed E-state index contributed by atoms with van der Waals surface area (Å²) in [6, 6.07) is 8.22. The van der Waals surface area contributed by atoms with E-state index in [1.54, 1.807) is 0 Å². The van der Waals surface area contributed by atoms with E-state index in [9.17, 15) is 78.0 Å². The number of unbranched alkanes of at least 4 members (excludes halogenated alkanes) is 56. The number of hydrogen-bond acceptors (Lipinski definition) is 16. The van der Waals surface area contributed by atoms with Crippen molar-refractivity contribution < 1.29 is 78.0 Å². The van der Waals surface area contributed by atoms with E-state index in [-0.39, 0.29) is 93.4 Å². The molecule has 0 saturated carbocycles. The molecule has 784 valence electrons. The van der Waals surface area contributed by atoms with Gasteiger partial charge in [-0.25, -0.2) is 0 Å². The number of carbonyl (C=O) groups is 12. The molecule has 0 aliphatic carbocycles. The first-order chi connectivity index (χ1) is 68.1. The third-order valence-corrected chi connectivity index (χ3v) is 26.2. The van der Waals surface area contributed by atoms with Crippen molar-refractivity contribution in [2.45, 2.75) is 463 Å². The maximum Gasteiger partial charge on any atom is 0.252 e. The SMILES string of the molecule is CCCCCCCCCCCCCCCCCC(=O)Nc1cc2cc(c1)C(=O)N[C@@H](CO)C(=O)Nc1cc(NC(=O)CCCCCCCCCCCCCCCCC)cc(c1)C(=O)N[C@H](CO)C(=O)Nc1cc(NC(=O)CCCCCCCCCCCCCCCCC)cc(c1)C(=O)N[C@H](CO)C(=O)Nc1cc(NC(=O)CCCCCCCCCCCCCCCCC)cc(c1)C(=O)N[C@@H](CO)C(=O)N2. The standard InChI is InChI=1S/C112H180N12O16/c1-5-9-13-17-21-25-29-33-37-41-45-49-53-57-61-65-101(129)113-89-69-85-73-93(77-89)117-109(137)97(81-125)122-106(134)86-70-90(114-102(130)66-62-58-54-50-46-42-38-34-30-26-22-18-14-10-6-2)79-95(74-86)119-111(139)99(83-127)124-108(136)88-72-92(116-104(132)68-64-60-56-52-48-44-40-36-32-28-24-20-16-12-8-4)80-96(76-88)120-112(140)100(84-128)123-107(135)87-71-91(78-94(75-87)118-110(138)98(82-126)121-105(85)133)115-103(131)67-63-59-55-51-47-43-39-35-31-27-23-19-15-11-7-3/h69-80,97-100,125-128H,5-68,81-84H2,1-4H3,(H,113,129)(H,114,130)(H,115,131)(H,116,132)(H,117,137)(H,118,138)(H,119,139)(H,120,140)(H,121,133)(H,122,134)(H,123,135)(H,124,136)/t97-,98-,99+,100+. The normalized spacial score (nSPS) is 15.2. The van der Waals surface area contributed by atoms with Gasteiger partial charge in [0.2, 0.25) is 47.3 Å². The zero-order chi connectivity index (χ0) is 101. The maximum atomic E-state index is 14.7. The van der Waals surface area contributed by atoms with Gasteiger partial charge in [-0.3, -0.25) is 57.5 Å². The highest BCUT2D eigenvalue weighted by molar-refractivity contribution is 6.10. The van der Waals surface area contributed by atoms with Crippen LogP contribution in [-0.4, -0.2) is 142 Å². The lowest BCUT2D eigenvalue weighted by molar-refractivity contribution is -0.119. The zero-order valence-electron chi connectivity index (χ0n) is 86.0. The predicted octanol–water partition coefficient (Wildman–Crippen LogP) is 23.7. The molecular weight excluding hydrogens is 1770 g/mol. The maximum absolute atomic E-state index is 14.7. The molecule has 4 aromatic carbocycles. The molecule has 0 fully saturated rings. The van der Waals surface area contributed by atoms with E-state index in [2.05, 4.69) is 91.5 Å². The fourth-order valence-electron chi connectivity index (χ4n) is 17.8. The van der Waals surface area contributed by atoms with Gasteiger partial charge in [0.05, 0.1) is 26.4 Å². The predicted molar refractivity (Wildman–Crippen MR) is 566 cm³/mol. The number of benzene rings is 4. The van der Waals surface area contributed by atoms with Gasteiger partial charge in [-0.15, -0.1) is 0 Å². The van der Waals surface area contributed by atoms with Crippen molar-refractivity contribution in [3.8, 4) is 0 Å². The molecule has 8 bridgehead atoms. The summed E-state index contributed by atoms with van der Waals surface area (Å²) < 4.78 is 0. The van der Waals surface area contributed by atoms with Gasteiger partial charge in [-0.05, 0) is 98.5 Å². The third kappa shape index (κ3) is 55.1. The molecule has 4 atom stereocenters. The number of carbonyl (C=O) groups excluding carboxylic acids is 12. The summed E-state index contributed by atoms with van der Waals surface area (Å²) in [5.41, 5.74) is -1.58. The highest BCUT2D eigenvalue weighted by Crippen LogP contribution is 2.29. The average molecular weight is 1950 g/mol. The van der Waals surface area contributed by atoms with Crippen LogP contribution in [-0.2, 0) is 38.4 Å². The number of fused-ring (bicyclic) bond motifs is 8. The van der Waals surface area contributed by atoms with Gasteiger partial charge < -0.3 is 84.2 Å². The molecule has 0 spiro atoms. The number of nitrogens with one attached hydrogen (secondary N) is 12. The van der Waals surface area contributed by atoms with Crippen LogP contribution in [0, 0.1) is 0 Å². The van der Waals surface area contributed by atoms with E-state index in [0.717, 1.165) is 128 Å². The monoisotopic (exact) mass is 1950 g/mol. The van der Waals surface area contributed by atoms with Gasteiger partial charge in [0, 0.05) is 93.4 Å². The topological polar surface area (TPSA) is 430 Å². The van der Waals surface area contributed by atoms with Crippen molar-refractivity contribution in [1.82, 2.24) is 21.3 Å². The second-order valence-electron chi connectivity index (χ2n) is 39.0. The lowest BCUT2D eigenvalue weighted by Crippen LogP contribution is -2.47. The lowest BCUT2D eigenvalue weighted by Gasteiger charge is -2.20. The van der Waals surface area contributed by atoms with Crippen LogP contribution in [0.15, 0.2) is 72.8 Å². The van der Waals surface area contributed by atoms with Gasteiger partial charge in [0.25, 0.3) is 23.6 Å². The number of rotatable bonds is 72. The second kappa shape index (κ2) is 77.0. The van der Waals surface area contributed by atoms with E-state index in [0.29, 0.717) is 25.7 Å². The van der Waals surface area contributed by atoms with Crippen molar-refractivity contribution in [3.05, 3.63) is 95.1 Å². The zero-order valence-corrected chi connectivity index (χ0v) is 86.0. The summed E-state index contributed by atoms with van der Waals surface area (Å²) in [4.78, 5) is 172. The Kier molecular flexibility index (Phi) is 66.5. The molecule has 0 radical (unpaired) electrons. The molecule has 140 heavy (non-hydrogen) atoms. The number of amides is 12. The van der Waals surface area contributed by atoms with Gasteiger partial charge in [0.1, 0.15) is 24.2 Å². The quantitative estimate of drug-likeness (QED) is 0.0183. The molecule has 28 nitrogen and oxygen atoms in total. The fourth-order valence-corrected chi connectivity index (χ4v) is 17.8. The molecule has 4 aromatic rings. The van der Waals surface area contributed by atoms with E-state index >= 15 is 0 Å². The minimum Gasteiger partial charge on any atom is -0.394 e. The number of hydrogen-bond donors (Lipinski definition) is 16. The minimum absolute atomic E-state index is 0.0101. The Hall–Kier alpha value is -9.64. The smallest absolute Gasteiger partial charge is 0.252 e. The lowest BCUT2D eigenvalue weighted by atomic mass is 10.0. The molecule has 1 aliphatic heterocycles. The van der Waals surface area contributed by atoms with Crippen LogP contribution in [0.3, 0.4) is 0 Å². The molecule has 0 saturated heterocycles. The molecule has 12 amide bonds. The fraction of sp³-hybridized carbons (Fsp3) is 0.679. The summed E-state index contributed by atoms with van der Waals surface area (Å²) in [5, 5.41) is 75.5. The van der Waals surface area contributed by atoms with Gasteiger partial charge in [-0.1, -0.05) is 387 Å². The first kappa shape index (κ1) is 121. The Morgan fingerprint density at radius 2 is 0.343 bits per heavy atom. The van der Waals surface area contributed by atoms with E-state index in [1.807, 2.05) is 0 Å². The average Bonchev–Trinajstić information content (AvgIpc) is 0.833. The molecule has 16 N–H and O–H groups in total. The van der Waals surface area contributed by atoms with E-state index in [1.165, 1.54) is 304 Å². The van der Waals surface area contributed by atoms with Crippen molar-refractivity contribution in [2.75, 3.05) is 69.0 Å². The molecule has 1 heterocycles. The summed E-state index contributed by atoms with van der Waals surface area (Å²) in [6.45, 7) is 4.84. The highest BCUT2D eigenvalue weighted by atomic mass is 16.3. The number of aliphatic hydroxyl groups is 4. The van der Waals surface area contributed by atoms with Crippen LogP contribution in [0.5, 0.6) is 0 Å². The van der Waals surface area contributed by atoms with Crippen LogP contribution in [0.25, 0.3) is 0 Å². The number of anilines is 8. The summed E-state index contributed by atoms with van der Waals surface area (Å²) >= 11 is 0. The van der Waals surface area contributed by atoms with Crippen LogP contribution in [0.4, 0.5) is 45.5 Å². The van der Waals surface area contributed by atoms with Crippen LogP contribution >= 0.6 is 0 Å². The van der Waals surface area contributed by atoms with Crippen molar-refractivity contribution >= 4 is 116 Å². The van der Waals surface area contributed by atoms with Crippen LogP contribution in [0.2, 0.25) is 0 Å². The first-order valence-corrected chi connectivity index (χ1v) is 54.8.